The predicted molar refractivity (Wildman–Crippen MR) is 74.6 cm³/mol. The molecule has 2 heterocycles. The number of aliphatic hydroxyl groups excluding tert-OH is 1. The van der Waals surface area contributed by atoms with Gasteiger partial charge in [-0.1, -0.05) is 26.8 Å². The number of anilines is 1. The van der Waals surface area contributed by atoms with Gasteiger partial charge in [-0.05, 0) is 30.7 Å². The van der Waals surface area contributed by atoms with Crippen molar-refractivity contribution in [2.75, 3.05) is 18.0 Å². The molecule has 1 aliphatic heterocycles. The molecule has 0 aromatic carbocycles. The molecule has 2 atom stereocenters. The Hall–Kier alpha value is -1.09. The van der Waals surface area contributed by atoms with E-state index in [0.29, 0.717) is 11.3 Å². The van der Waals surface area contributed by atoms with Crippen LogP contribution in [0.3, 0.4) is 0 Å². The smallest absolute Gasteiger partial charge is 0.134 e. The fourth-order valence-electron chi connectivity index (χ4n) is 2.66. The molecule has 18 heavy (non-hydrogen) atoms. The zero-order chi connectivity index (χ0) is 13.3. The minimum Gasteiger partial charge on any atom is -0.389 e. The highest BCUT2D eigenvalue weighted by Crippen LogP contribution is 2.36. The van der Waals surface area contributed by atoms with Crippen molar-refractivity contribution < 1.29 is 5.11 Å². The average Bonchev–Trinajstić information content (AvgIpc) is 2.77. The summed E-state index contributed by atoms with van der Waals surface area (Å²) in [7, 11) is 0. The molecule has 0 aliphatic carbocycles. The van der Waals surface area contributed by atoms with Gasteiger partial charge in [0.1, 0.15) is 5.82 Å². The Morgan fingerprint density at radius 2 is 2.17 bits per heavy atom. The van der Waals surface area contributed by atoms with Crippen molar-refractivity contribution in [1.29, 1.82) is 0 Å². The van der Waals surface area contributed by atoms with Gasteiger partial charge in [-0.3, -0.25) is 0 Å². The normalized spacial score (nSPS) is 22.3. The standard InChI is InChI=1S/C15H24N2O/c1-11(18)13-6-5-8-16-14(13)17-9-7-12(10-17)15(2,3)4/h5-6,8,11-12,18H,7,9-10H2,1-4H3. The molecule has 1 fully saturated rings. The van der Waals surface area contributed by atoms with Gasteiger partial charge in [-0.15, -0.1) is 0 Å². The summed E-state index contributed by atoms with van der Waals surface area (Å²) in [6.07, 6.45) is 2.56. The van der Waals surface area contributed by atoms with E-state index in [1.807, 2.05) is 18.3 Å². The third kappa shape index (κ3) is 2.66. The highest BCUT2D eigenvalue weighted by atomic mass is 16.3. The third-order valence-corrected chi connectivity index (χ3v) is 3.98. The van der Waals surface area contributed by atoms with Crippen molar-refractivity contribution in [1.82, 2.24) is 4.98 Å². The molecule has 0 saturated carbocycles. The van der Waals surface area contributed by atoms with Crippen LogP contribution in [0.15, 0.2) is 18.3 Å². The second-order valence-corrected chi connectivity index (χ2v) is 6.39. The van der Waals surface area contributed by atoms with Crippen LogP contribution in [0, 0.1) is 11.3 Å². The van der Waals surface area contributed by atoms with Crippen LogP contribution in [0.25, 0.3) is 0 Å². The Labute approximate surface area is 110 Å². The van der Waals surface area contributed by atoms with E-state index in [2.05, 4.69) is 30.7 Å². The van der Waals surface area contributed by atoms with Crippen LogP contribution in [-0.2, 0) is 0 Å². The number of aliphatic hydroxyl groups is 1. The van der Waals surface area contributed by atoms with Crippen molar-refractivity contribution in [2.24, 2.45) is 11.3 Å². The zero-order valence-electron chi connectivity index (χ0n) is 11.8. The summed E-state index contributed by atoms with van der Waals surface area (Å²) in [4.78, 5) is 6.78. The largest absolute Gasteiger partial charge is 0.389 e. The van der Waals surface area contributed by atoms with E-state index in [1.165, 1.54) is 6.42 Å². The first kappa shape index (κ1) is 13.3. The molecule has 1 aromatic heterocycles. The maximum atomic E-state index is 9.82. The second-order valence-electron chi connectivity index (χ2n) is 6.39. The van der Waals surface area contributed by atoms with E-state index in [4.69, 9.17) is 0 Å². The summed E-state index contributed by atoms with van der Waals surface area (Å²) in [6, 6.07) is 3.86. The van der Waals surface area contributed by atoms with Gasteiger partial charge >= 0.3 is 0 Å². The van der Waals surface area contributed by atoms with Gasteiger partial charge in [0.25, 0.3) is 0 Å². The van der Waals surface area contributed by atoms with Crippen LogP contribution in [0.5, 0.6) is 0 Å². The van der Waals surface area contributed by atoms with Gasteiger partial charge in [-0.25, -0.2) is 4.98 Å². The molecule has 0 radical (unpaired) electrons. The van der Waals surface area contributed by atoms with Crippen LogP contribution in [-0.4, -0.2) is 23.2 Å². The number of hydrogen-bond acceptors (Lipinski definition) is 3. The van der Waals surface area contributed by atoms with E-state index in [-0.39, 0.29) is 0 Å². The number of nitrogens with zero attached hydrogens (tertiary/aromatic N) is 2. The molecular formula is C15H24N2O. The first-order valence-corrected chi connectivity index (χ1v) is 6.77. The second kappa shape index (κ2) is 4.88. The molecule has 0 amide bonds. The van der Waals surface area contributed by atoms with Crippen LogP contribution >= 0.6 is 0 Å². The fraction of sp³-hybridized carbons (Fsp3) is 0.667. The fourth-order valence-corrected chi connectivity index (χ4v) is 2.66. The van der Waals surface area contributed by atoms with E-state index in [0.717, 1.165) is 24.5 Å². The quantitative estimate of drug-likeness (QED) is 0.874. The van der Waals surface area contributed by atoms with Gasteiger partial charge in [0.05, 0.1) is 6.10 Å². The molecule has 1 saturated heterocycles. The van der Waals surface area contributed by atoms with Gasteiger partial charge in [0.15, 0.2) is 0 Å². The SMILES string of the molecule is CC(O)c1cccnc1N1CCC(C(C)(C)C)C1. The summed E-state index contributed by atoms with van der Waals surface area (Å²) in [5, 5.41) is 9.82. The molecule has 0 bridgehead atoms. The van der Waals surface area contributed by atoms with Crippen LogP contribution < -0.4 is 4.90 Å². The zero-order valence-corrected chi connectivity index (χ0v) is 11.8. The lowest BCUT2D eigenvalue weighted by Gasteiger charge is -2.28. The maximum absolute atomic E-state index is 9.82. The van der Waals surface area contributed by atoms with Crippen molar-refractivity contribution in [3.8, 4) is 0 Å². The summed E-state index contributed by atoms with van der Waals surface area (Å²) in [6.45, 7) is 10.8. The number of pyridine rings is 1. The summed E-state index contributed by atoms with van der Waals surface area (Å²) in [5.41, 5.74) is 1.28. The molecule has 0 spiro atoms. The van der Waals surface area contributed by atoms with E-state index in [9.17, 15) is 5.11 Å². The maximum Gasteiger partial charge on any atom is 0.134 e. The lowest BCUT2D eigenvalue weighted by molar-refractivity contribution is 0.199. The molecular weight excluding hydrogens is 224 g/mol. The summed E-state index contributed by atoms with van der Waals surface area (Å²) < 4.78 is 0. The van der Waals surface area contributed by atoms with Gasteiger partial charge in [0, 0.05) is 24.8 Å². The lowest BCUT2D eigenvalue weighted by Crippen LogP contribution is -2.27. The summed E-state index contributed by atoms with van der Waals surface area (Å²) in [5.74, 6) is 1.65. The molecule has 1 aromatic rings. The Bertz CT molecular complexity index is 409. The molecule has 3 heteroatoms. The van der Waals surface area contributed by atoms with Gasteiger partial charge < -0.3 is 10.0 Å². The summed E-state index contributed by atoms with van der Waals surface area (Å²) >= 11 is 0. The highest BCUT2D eigenvalue weighted by Gasteiger charge is 2.33. The third-order valence-electron chi connectivity index (χ3n) is 3.98. The average molecular weight is 248 g/mol. The van der Waals surface area contributed by atoms with E-state index in [1.54, 1.807) is 6.92 Å². The molecule has 1 N–H and O–H groups in total. The van der Waals surface area contributed by atoms with E-state index >= 15 is 0 Å². The minimum atomic E-state index is -0.456. The van der Waals surface area contributed by atoms with Crippen LogP contribution in [0.4, 0.5) is 5.82 Å². The number of aromatic nitrogens is 1. The Morgan fingerprint density at radius 3 is 2.72 bits per heavy atom. The van der Waals surface area contributed by atoms with Gasteiger partial charge in [0.2, 0.25) is 0 Å². The van der Waals surface area contributed by atoms with Gasteiger partial charge in [-0.2, -0.15) is 0 Å². The highest BCUT2D eigenvalue weighted by molar-refractivity contribution is 5.48. The molecule has 3 nitrogen and oxygen atoms in total. The predicted octanol–water partition coefficient (Wildman–Crippen LogP) is 3.01. The minimum absolute atomic E-state index is 0.342. The molecule has 2 rings (SSSR count). The topological polar surface area (TPSA) is 36.4 Å². The number of rotatable bonds is 2. The first-order valence-electron chi connectivity index (χ1n) is 6.77. The number of hydrogen-bond donors (Lipinski definition) is 1. The van der Waals surface area contributed by atoms with E-state index < -0.39 is 6.10 Å². The molecule has 100 valence electrons. The molecule has 2 unspecified atom stereocenters. The molecule has 1 aliphatic rings. The lowest BCUT2D eigenvalue weighted by atomic mass is 9.80. The Morgan fingerprint density at radius 1 is 1.44 bits per heavy atom. The van der Waals surface area contributed by atoms with Crippen molar-refractivity contribution in [3.05, 3.63) is 23.9 Å². The first-order chi connectivity index (χ1) is 8.39. The van der Waals surface area contributed by atoms with Crippen LogP contribution in [0.1, 0.15) is 45.8 Å². The van der Waals surface area contributed by atoms with Crippen molar-refractivity contribution in [2.45, 2.75) is 40.2 Å². The Balaban J connectivity index is 2.19. The van der Waals surface area contributed by atoms with Crippen LogP contribution in [0.2, 0.25) is 0 Å². The Kier molecular flexibility index (Phi) is 3.62. The van der Waals surface area contributed by atoms with Crippen molar-refractivity contribution in [3.63, 3.8) is 0 Å². The monoisotopic (exact) mass is 248 g/mol. The van der Waals surface area contributed by atoms with Crippen molar-refractivity contribution >= 4 is 5.82 Å².